The van der Waals surface area contributed by atoms with Crippen LogP contribution in [0.3, 0.4) is 0 Å². The SMILES string of the molecule is CN(C)C(=O)CCNc1nnc(Cc2ccc(F)cc2)s1. The molecule has 5 nitrogen and oxygen atoms in total. The van der Waals surface area contributed by atoms with Gasteiger partial charge in [0.1, 0.15) is 10.8 Å². The Morgan fingerprint density at radius 2 is 2.00 bits per heavy atom. The number of anilines is 1. The number of nitrogens with one attached hydrogen (secondary N) is 1. The molecule has 0 unspecified atom stereocenters. The zero-order valence-electron chi connectivity index (χ0n) is 12.0. The van der Waals surface area contributed by atoms with Crippen molar-refractivity contribution in [3.05, 3.63) is 40.7 Å². The molecule has 0 aliphatic heterocycles. The van der Waals surface area contributed by atoms with E-state index in [1.54, 1.807) is 31.1 Å². The number of hydrogen-bond acceptors (Lipinski definition) is 5. The quantitative estimate of drug-likeness (QED) is 0.888. The lowest BCUT2D eigenvalue weighted by Gasteiger charge is -2.09. The zero-order valence-corrected chi connectivity index (χ0v) is 12.8. The van der Waals surface area contributed by atoms with Crippen molar-refractivity contribution in [2.45, 2.75) is 12.8 Å². The van der Waals surface area contributed by atoms with Crippen molar-refractivity contribution in [2.24, 2.45) is 0 Å². The Bertz CT molecular complexity index is 597. The van der Waals surface area contributed by atoms with Crippen molar-refractivity contribution < 1.29 is 9.18 Å². The van der Waals surface area contributed by atoms with Crippen molar-refractivity contribution >= 4 is 22.4 Å². The molecule has 112 valence electrons. The standard InChI is InChI=1S/C14H17FN4OS/c1-19(2)13(20)7-8-16-14-18-17-12(21-14)9-10-3-5-11(15)6-4-10/h3-6H,7-9H2,1-2H3,(H,16,18). The van der Waals surface area contributed by atoms with Gasteiger partial charge in [-0.05, 0) is 17.7 Å². The van der Waals surface area contributed by atoms with Gasteiger partial charge < -0.3 is 10.2 Å². The Morgan fingerprint density at radius 3 is 2.67 bits per heavy atom. The van der Waals surface area contributed by atoms with E-state index in [0.29, 0.717) is 24.5 Å². The highest BCUT2D eigenvalue weighted by molar-refractivity contribution is 7.15. The van der Waals surface area contributed by atoms with Gasteiger partial charge in [0.15, 0.2) is 0 Å². The summed E-state index contributed by atoms with van der Waals surface area (Å²) in [6.07, 6.45) is 1.04. The first kappa shape index (κ1) is 15.4. The first-order chi connectivity index (χ1) is 10.0. The first-order valence-corrected chi connectivity index (χ1v) is 7.37. The lowest BCUT2D eigenvalue weighted by Crippen LogP contribution is -2.23. The summed E-state index contributed by atoms with van der Waals surface area (Å²) in [6.45, 7) is 0.530. The number of nitrogens with zero attached hydrogens (tertiary/aromatic N) is 3. The van der Waals surface area contributed by atoms with Crippen LogP contribution >= 0.6 is 11.3 Å². The summed E-state index contributed by atoms with van der Waals surface area (Å²) in [6, 6.07) is 6.34. The maximum Gasteiger partial charge on any atom is 0.223 e. The summed E-state index contributed by atoms with van der Waals surface area (Å²) in [5.74, 6) is -0.178. The summed E-state index contributed by atoms with van der Waals surface area (Å²) in [5, 5.41) is 12.7. The highest BCUT2D eigenvalue weighted by Crippen LogP contribution is 2.18. The van der Waals surface area contributed by atoms with E-state index < -0.39 is 0 Å². The van der Waals surface area contributed by atoms with E-state index in [4.69, 9.17) is 0 Å². The molecule has 0 saturated carbocycles. The second kappa shape index (κ2) is 7.12. The van der Waals surface area contributed by atoms with Crippen LogP contribution in [0.15, 0.2) is 24.3 Å². The number of hydrogen-bond donors (Lipinski definition) is 1. The minimum atomic E-state index is -0.246. The number of amides is 1. The van der Waals surface area contributed by atoms with Crippen molar-refractivity contribution in [2.75, 3.05) is 26.0 Å². The van der Waals surface area contributed by atoms with Crippen molar-refractivity contribution in [1.82, 2.24) is 15.1 Å². The molecule has 0 bridgehead atoms. The van der Waals surface area contributed by atoms with Crippen LogP contribution in [0, 0.1) is 5.82 Å². The molecule has 1 amide bonds. The van der Waals surface area contributed by atoms with Gasteiger partial charge in [0.2, 0.25) is 11.0 Å². The summed E-state index contributed by atoms with van der Waals surface area (Å²) < 4.78 is 12.8. The predicted molar refractivity (Wildman–Crippen MR) is 80.9 cm³/mol. The van der Waals surface area contributed by atoms with E-state index in [1.807, 2.05) is 0 Å². The van der Waals surface area contributed by atoms with Gasteiger partial charge in [-0.3, -0.25) is 4.79 Å². The van der Waals surface area contributed by atoms with E-state index in [0.717, 1.165) is 10.6 Å². The van der Waals surface area contributed by atoms with Crippen LogP contribution in [0.2, 0.25) is 0 Å². The lowest BCUT2D eigenvalue weighted by molar-refractivity contribution is -0.128. The summed E-state index contributed by atoms with van der Waals surface area (Å²) in [5.41, 5.74) is 0.988. The van der Waals surface area contributed by atoms with Gasteiger partial charge in [0, 0.05) is 33.5 Å². The molecule has 0 aliphatic rings. The van der Waals surface area contributed by atoms with Crippen LogP contribution < -0.4 is 5.32 Å². The van der Waals surface area contributed by atoms with Crippen molar-refractivity contribution in [3.63, 3.8) is 0 Å². The fourth-order valence-electron chi connectivity index (χ4n) is 1.67. The maximum atomic E-state index is 12.8. The monoisotopic (exact) mass is 308 g/mol. The normalized spacial score (nSPS) is 10.4. The number of carbonyl (C=O) groups is 1. The van der Waals surface area contributed by atoms with E-state index in [1.165, 1.54) is 23.5 Å². The highest BCUT2D eigenvalue weighted by Gasteiger charge is 2.07. The molecule has 1 aromatic heterocycles. The Kier molecular flexibility index (Phi) is 5.21. The van der Waals surface area contributed by atoms with E-state index in [9.17, 15) is 9.18 Å². The van der Waals surface area contributed by atoms with E-state index in [2.05, 4.69) is 15.5 Å². The Balaban J connectivity index is 1.84. The second-order valence-corrected chi connectivity index (χ2v) is 5.83. The van der Waals surface area contributed by atoms with E-state index >= 15 is 0 Å². The maximum absolute atomic E-state index is 12.8. The second-order valence-electron chi connectivity index (χ2n) is 4.77. The molecule has 0 atom stereocenters. The molecule has 0 saturated heterocycles. The van der Waals surface area contributed by atoms with Gasteiger partial charge in [-0.15, -0.1) is 10.2 Å². The van der Waals surface area contributed by atoms with Gasteiger partial charge in [-0.2, -0.15) is 0 Å². The van der Waals surface area contributed by atoms with Crippen LogP contribution in [0.4, 0.5) is 9.52 Å². The molecule has 1 heterocycles. The van der Waals surface area contributed by atoms with Crippen molar-refractivity contribution in [1.29, 1.82) is 0 Å². The Morgan fingerprint density at radius 1 is 1.29 bits per heavy atom. The third-order valence-electron chi connectivity index (χ3n) is 2.85. The van der Waals surface area contributed by atoms with Crippen LogP contribution in [0.25, 0.3) is 0 Å². The van der Waals surface area contributed by atoms with Crippen molar-refractivity contribution in [3.8, 4) is 0 Å². The number of rotatable bonds is 6. The molecular weight excluding hydrogens is 291 g/mol. The van der Waals surface area contributed by atoms with Crippen LogP contribution in [0.1, 0.15) is 17.0 Å². The van der Waals surface area contributed by atoms with Gasteiger partial charge in [-0.25, -0.2) is 4.39 Å². The molecule has 21 heavy (non-hydrogen) atoms. The van der Waals surface area contributed by atoms with Gasteiger partial charge in [0.25, 0.3) is 0 Å². The average molecular weight is 308 g/mol. The molecule has 1 aromatic carbocycles. The fraction of sp³-hybridized carbons (Fsp3) is 0.357. The molecule has 0 radical (unpaired) electrons. The molecule has 0 spiro atoms. The molecule has 7 heteroatoms. The number of carbonyl (C=O) groups excluding carboxylic acids is 1. The molecule has 2 aromatic rings. The number of benzene rings is 1. The van der Waals surface area contributed by atoms with Crippen LogP contribution in [-0.2, 0) is 11.2 Å². The first-order valence-electron chi connectivity index (χ1n) is 6.55. The summed E-state index contributed by atoms with van der Waals surface area (Å²) in [4.78, 5) is 13.0. The smallest absolute Gasteiger partial charge is 0.223 e. The lowest BCUT2D eigenvalue weighted by atomic mass is 10.2. The summed E-state index contributed by atoms with van der Waals surface area (Å²) in [7, 11) is 3.46. The predicted octanol–water partition coefficient (Wildman–Crippen LogP) is 2.16. The third-order valence-corrected chi connectivity index (χ3v) is 3.73. The van der Waals surface area contributed by atoms with Crippen LogP contribution in [0.5, 0.6) is 0 Å². The molecular formula is C14H17FN4OS. The number of aromatic nitrogens is 2. The van der Waals surface area contributed by atoms with E-state index in [-0.39, 0.29) is 11.7 Å². The molecule has 0 aliphatic carbocycles. The fourth-order valence-corrected chi connectivity index (χ4v) is 2.47. The summed E-state index contributed by atoms with van der Waals surface area (Å²) >= 11 is 1.44. The average Bonchev–Trinajstić information content (AvgIpc) is 2.89. The minimum absolute atomic E-state index is 0.0681. The highest BCUT2D eigenvalue weighted by atomic mass is 32.1. The molecule has 1 N–H and O–H groups in total. The topological polar surface area (TPSA) is 58.1 Å². The van der Waals surface area contributed by atoms with Crippen LogP contribution in [-0.4, -0.2) is 41.6 Å². The zero-order chi connectivity index (χ0) is 15.2. The Hall–Kier alpha value is -2.02. The molecule has 2 rings (SSSR count). The molecule has 0 fully saturated rings. The largest absolute Gasteiger partial charge is 0.360 e. The van der Waals surface area contributed by atoms with Gasteiger partial charge in [0.05, 0.1) is 0 Å². The Labute approximate surface area is 126 Å². The van der Waals surface area contributed by atoms with Gasteiger partial charge in [-0.1, -0.05) is 23.5 Å². The number of halogens is 1. The third kappa shape index (κ3) is 4.78. The minimum Gasteiger partial charge on any atom is -0.360 e. The van der Waals surface area contributed by atoms with Gasteiger partial charge >= 0.3 is 0 Å².